The summed E-state index contributed by atoms with van der Waals surface area (Å²) < 4.78 is 53.1. The van der Waals surface area contributed by atoms with Gasteiger partial charge in [0.25, 0.3) is 11.8 Å². The first-order chi connectivity index (χ1) is 20.7. The molecule has 0 aromatic carbocycles. The Morgan fingerprint density at radius 1 is 0.800 bits per heavy atom. The number of nitrogens with zero attached hydrogens (tertiary/aromatic N) is 2. The molecule has 2 amide bonds. The van der Waals surface area contributed by atoms with Crippen LogP contribution in [0.2, 0.25) is 0 Å². The number of carbonyl (C=O) groups excluding carboxylic acids is 2. The van der Waals surface area contributed by atoms with Gasteiger partial charge in [0.2, 0.25) is 0 Å². The molecule has 0 aliphatic carbocycles. The van der Waals surface area contributed by atoms with Crippen molar-refractivity contribution in [2.75, 3.05) is 13.2 Å². The van der Waals surface area contributed by atoms with Gasteiger partial charge in [0.1, 0.15) is 48.3 Å². The molecule has 8 N–H and O–H groups in total. The third-order valence-corrected chi connectivity index (χ3v) is 7.73. The second-order valence-corrected chi connectivity index (χ2v) is 13.0. The van der Waals surface area contributed by atoms with E-state index >= 15 is 0 Å². The second-order valence-electron chi connectivity index (χ2n) is 10.6. The minimum absolute atomic E-state index is 0.135. The number of rotatable bonds is 8. The molecular weight excluding hydrogens is 650 g/mol. The summed E-state index contributed by atoms with van der Waals surface area (Å²) in [5.41, 5.74) is 0. The lowest BCUT2D eigenvalue weighted by Crippen LogP contribution is -2.46. The number of nitrogens with one attached hydrogen (secondary N) is 2. The van der Waals surface area contributed by atoms with Gasteiger partial charge in [0.15, 0.2) is 18.2 Å². The summed E-state index contributed by atoms with van der Waals surface area (Å²) in [5.74, 6) is -1.16. The molecule has 8 atom stereocenters. The van der Waals surface area contributed by atoms with E-state index in [0.29, 0.717) is 5.82 Å². The first-order valence-electron chi connectivity index (χ1n) is 13.1. The van der Waals surface area contributed by atoms with E-state index in [1.807, 2.05) is 0 Å². The zero-order valence-electron chi connectivity index (χ0n) is 23.8. The summed E-state index contributed by atoms with van der Waals surface area (Å²) in [7, 11) is -9.35. The zero-order valence-corrected chi connectivity index (χ0v) is 25.6. The van der Waals surface area contributed by atoms with Crippen molar-refractivity contribution >= 4 is 27.5 Å². The average Bonchev–Trinajstić information content (AvgIpc) is 3.49. The van der Waals surface area contributed by atoms with Crippen LogP contribution < -0.4 is 10.6 Å². The van der Waals surface area contributed by atoms with Crippen LogP contribution >= 0.6 is 15.6 Å². The molecule has 0 radical (unpaired) electrons. The SMILES string of the molecule is C=C1NC(=O)C=CN1[C@@H]1OC(COP(=O)(O)O)[C@@H](O)C1O.C=C1NC(=O)C=CN1[C@@H]1O[C@H](COP(=O)(O)O)[C@H]2OC(C)(C)OC12. The molecule has 5 aliphatic rings. The first kappa shape index (κ1) is 35.3. The maximum atomic E-state index is 11.4. The predicted molar refractivity (Wildman–Crippen MR) is 146 cm³/mol. The summed E-state index contributed by atoms with van der Waals surface area (Å²) >= 11 is 0. The molecule has 252 valence electrons. The molecular formula is C23H34N4O16P2. The van der Waals surface area contributed by atoms with Crippen molar-refractivity contribution in [2.45, 2.75) is 68.7 Å². The molecule has 0 aromatic rings. The highest BCUT2D eigenvalue weighted by atomic mass is 31.2. The van der Waals surface area contributed by atoms with Crippen molar-refractivity contribution in [3.8, 4) is 0 Å². The number of carbonyl (C=O) groups is 2. The largest absolute Gasteiger partial charge is 0.469 e. The molecule has 45 heavy (non-hydrogen) atoms. The lowest BCUT2D eigenvalue weighted by Gasteiger charge is -2.34. The maximum absolute atomic E-state index is 11.4. The lowest BCUT2D eigenvalue weighted by atomic mass is 10.1. The van der Waals surface area contributed by atoms with Gasteiger partial charge in [0, 0.05) is 24.6 Å². The van der Waals surface area contributed by atoms with Gasteiger partial charge in [-0.1, -0.05) is 13.2 Å². The Balaban J connectivity index is 0.000000207. The van der Waals surface area contributed by atoms with Gasteiger partial charge >= 0.3 is 15.6 Å². The number of aliphatic hydroxyl groups excluding tert-OH is 2. The number of aliphatic hydroxyl groups is 2. The van der Waals surface area contributed by atoms with Crippen LogP contribution in [0.5, 0.6) is 0 Å². The fourth-order valence-corrected chi connectivity index (χ4v) is 5.59. The van der Waals surface area contributed by atoms with Gasteiger partial charge in [-0.2, -0.15) is 0 Å². The third kappa shape index (κ3) is 8.85. The Hall–Kier alpha value is -2.52. The summed E-state index contributed by atoms with van der Waals surface area (Å²) in [5, 5.41) is 24.7. The Bertz CT molecular complexity index is 1350. The first-order valence-corrected chi connectivity index (χ1v) is 16.2. The predicted octanol–water partition coefficient (Wildman–Crippen LogP) is -2.28. The fourth-order valence-electron chi connectivity index (χ4n) is 4.90. The maximum Gasteiger partial charge on any atom is 0.469 e. The highest BCUT2D eigenvalue weighted by Gasteiger charge is 2.57. The van der Waals surface area contributed by atoms with Crippen molar-refractivity contribution in [1.29, 1.82) is 0 Å². The van der Waals surface area contributed by atoms with Crippen molar-refractivity contribution in [1.82, 2.24) is 20.4 Å². The van der Waals surface area contributed by atoms with E-state index in [2.05, 4.69) is 32.8 Å². The Morgan fingerprint density at radius 2 is 1.24 bits per heavy atom. The smallest absolute Gasteiger partial charge is 0.387 e. The second kappa shape index (κ2) is 13.3. The Kier molecular flexibility index (Phi) is 10.4. The summed E-state index contributed by atoms with van der Waals surface area (Å²) in [6, 6.07) is 0. The van der Waals surface area contributed by atoms with E-state index in [4.69, 9.17) is 38.5 Å². The van der Waals surface area contributed by atoms with Crippen LogP contribution in [0.25, 0.3) is 0 Å². The number of ether oxygens (including phenoxy) is 4. The monoisotopic (exact) mass is 684 g/mol. The van der Waals surface area contributed by atoms with E-state index in [-0.39, 0.29) is 18.3 Å². The van der Waals surface area contributed by atoms with Gasteiger partial charge in [0.05, 0.1) is 13.2 Å². The van der Waals surface area contributed by atoms with Crippen LogP contribution in [-0.2, 0) is 46.7 Å². The summed E-state index contributed by atoms with van der Waals surface area (Å²) in [6.45, 7) is 9.83. The van der Waals surface area contributed by atoms with Gasteiger partial charge in [-0.15, -0.1) is 0 Å². The molecule has 3 fully saturated rings. The van der Waals surface area contributed by atoms with Crippen LogP contribution in [0.4, 0.5) is 0 Å². The molecule has 22 heteroatoms. The van der Waals surface area contributed by atoms with Crippen LogP contribution in [0.15, 0.2) is 49.4 Å². The number of fused-ring (bicyclic) bond motifs is 1. The fraction of sp³-hybridized carbons (Fsp3) is 0.565. The van der Waals surface area contributed by atoms with E-state index in [9.17, 15) is 28.9 Å². The average molecular weight is 684 g/mol. The zero-order chi connectivity index (χ0) is 33.5. The van der Waals surface area contributed by atoms with Crippen LogP contribution in [0.1, 0.15) is 13.8 Å². The molecule has 0 spiro atoms. The van der Waals surface area contributed by atoms with Gasteiger partial charge < -0.3 is 69.2 Å². The highest BCUT2D eigenvalue weighted by Crippen LogP contribution is 2.43. The number of phosphoric ester groups is 2. The molecule has 5 heterocycles. The van der Waals surface area contributed by atoms with Crippen molar-refractivity contribution < 1.29 is 76.5 Å². The lowest BCUT2D eigenvalue weighted by molar-refractivity contribution is -0.202. The van der Waals surface area contributed by atoms with Gasteiger partial charge in [-0.3, -0.25) is 18.6 Å². The van der Waals surface area contributed by atoms with E-state index in [1.165, 1.54) is 29.5 Å². The molecule has 20 nitrogen and oxygen atoms in total. The number of phosphoric acid groups is 2. The minimum Gasteiger partial charge on any atom is -0.387 e. The van der Waals surface area contributed by atoms with Crippen molar-refractivity contribution in [3.63, 3.8) is 0 Å². The quantitative estimate of drug-likeness (QED) is 0.125. The number of hydrogen-bond acceptors (Lipinski definition) is 14. The van der Waals surface area contributed by atoms with Crippen molar-refractivity contribution in [2.24, 2.45) is 0 Å². The molecule has 0 aromatic heterocycles. The van der Waals surface area contributed by atoms with Gasteiger partial charge in [-0.05, 0) is 13.8 Å². The van der Waals surface area contributed by atoms with Gasteiger partial charge in [-0.25, -0.2) is 9.13 Å². The number of hydrogen-bond donors (Lipinski definition) is 8. The molecule has 3 unspecified atom stereocenters. The molecule has 0 saturated carbocycles. The van der Waals surface area contributed by atoms with E-state index < -0.39 is 83.0 Å². The third-order valence-electron chi connectivity index (χ3n) is 6.76. The molecule has 5 rings (SSSR count). The standard InChI is InChI=1S/C13H19N2O8P.C10H15N2O8P/c1-7-14-9(16)4-5-15(7)12-11-10(22-13(2,3)23-11)8(21-12)6-20-24(17,18)19;1-5-11-7(13)2-3-12(5)10-9(15)8(14)6(20-10)4-19-21(16,17)18/h4-5,8,10-12H,1,6H2,2-3H3,(H,14,16)(H2,17,18,19);2-3,6,8-10,14-15H,1,4H2,(H,11,13)(H2,16,17,18)/t8-,10-,11?,12-;6?,8-,9?,10-/m11/s1. The Morgan fingerprint density at radius 3 is 1.73 bits per heavy atom. The molecule has 3 saturated heterocycles. The topological polar surface area (TPSA) is 276 Å². The Labute approximate surface area is 255 Å². The molecule has 0 bridgehead atoms. The number of amides is 2. The van der Waals surface area contributed by atoms with E-state index in [0.717, 1.165) is 0 Å². The van der Waals surface area contributed by atoms with Crippen LogP contribution in [0.3, 0.4) is 0 Å². The normalized spacial score (nSPS) is 34.4. The summed E-state index contributed by atoms with van der Waals surface area (Å²) in [4.78, 5) is 60.3. The van der Waals surface area contributed by atoms with Crippen LogP contribution in [-0.4, -0.2) is 119 Å². The van der Waals surface area contributed by atoms with Crippen LogP contribution in [0, 0.1) is 0 Å². The minimum atomic E-state index is -4.71. The molecule has 5 aliphatic heterocycles. The van der Waals surface area contributed by atoms with Crippen molar-refractivity contribution in [3.05, 3.63) is 49.4 Å². The van der Waals surface area contributed by atoms with E-state index in [1.54, 1.807) is 18.7 Å². The summed E-state index contributed by atoms with van der Waals surface area (Å²) in [6.07, 6.45) is -2.29. The highest BCUT2D eigenvalue weighted by molar-refractivity contribution is 7.46.